The van der Waals surface area contributed by atoms with Crippen LogP contribution in [0.1, 0.15) is 84.3 Å². The fourth-order valence-corrected chi connectivity index (χ4v) is 11.4. The van der Waals surface area contributed by atoms with Gasteiger partial charge in [-0.25, -0.2) is 4.79 Å². The Morgan fingerprint density at radius 1 is 1.05 bits per heavy atom. The van der Waals surface area contributed by atoms with E-state index in [1.807, 2.05) is 6.92 Å². The molecule has 9 heteroatoms. The summed E-state index contributed by atoms with van der Waals surface area (Å²) in [6, 6.07) is 1.80. The molecular weight excluding hydrogens is 528 g/mol. The Balaban J connectivity index is 1.30. The van der Waals surface area contributed by atoms with E-state index in [0.717, 1.165) is 31.2 Å². The summed E-state index contributed by atoms with van der Waals surface area (Å²) in [5, 5.41) is 12.3. The summed E-state index contributed by atoms with van der Waals surface area (Å²) < 4.78 is 30.7. The van der Waals surface area contributed by atoms with Crippen LogP contribution >= 0.6 is 0 Å². The first-order chi connectivity index (χ1) is 19.5. The van der Waals surface area contributed by atoms with Crippen LogP contribution in [-0.4, -0.2) is 58.9 Å². The summed E-state index contributed by atoms with van der Waals surface area (Å²) in [4.78, 5) is 41.0. The molecule has 4 aliphatic heterocycles. The number of fused-ring (bicyclic) bond motifs is 2. The number of carbonyl (C=O) groups excluding carboxylic acids is 3. The molecule has 3 spiro atoms. The SMILES string of the molecule is CC(C)C1CCCC2(C1)OC1CC(=O)OCC13C2C(=O)C(O)C1(C)C3CCC2(C)C(c3ccoc3)OC(=O)C3OC321. The molecule has 0 aromatic carbocycles. The van der Waals surface area contributed by atoms with Crippen LogP contribution in [0.4, 0.5) is 0 Å². The highest BCUT2D eigenvalue weighted by molar-refractivity contribution is 5.92. The number of rotatable bonds is 2. The smallest absolute Gasteiger partial charge is 0.339 e. The number of ketones is 1. The van der Waals surface area contributed by atoms with E-state index in [4.69, 9.17) is 23.4 Å². The monoisotopic (exact) mass is 568 g/mol. The van der Waals surface area contributed by atoms with Crippen molar-refractivity contribution in [3.63, 3.8) is 0 Å². The number of carbonyl (C=O) groups is 3. The number of esters is 2. The highest BCUT2D eigenvalue weighted by Gasteiger charge is 2.91. The molecule has 7 fully saturated rings. The van der Waals surface area contributed by atoms with Gasteiger partial charge in [-0.1, -0.05) is 34.1 Å². The number of Topliss-reactive ketones (excluding diaryl/α,β-unsaturated/α-hetero) is 1. The largest absolute Gasteiger partial charge is 0.472 e. The number of furan rings is 1. The maximum Gasteiger partial charge on any atom is 0.339 e. The van der Waals surface area contributed by atoms with Gasteiger partial charge in [-0.3, -0.25) is 9.59 Å². The Hall–Kier alpha value is -2.23. The number of ether oxygens (including phenoxy) is 4. The summed E-state index contributed by atoms with van der Waals surface area (Å²) >= 11 is 0. The maximum absolute atomic E-state index is 14.8. The molecule has 0 radical (unpaired) electrons. The van der Waals surface area contributed by atoms with E-state index in [0.29, 0.717) is 24.7 Å². The van der Waals surface area contributed by atoms with E-state index < -0.39 is 63.8 Å². The van der Waals surface area contributed by atoms with Gasteiger partial charge in [-0.2, -0.15) is 0 Å². The van der Waals surface area contributed by atoms with E-state index in [2.05, 4.69) is 20.8 Å². The maximum atomic E-state index is 14.8. The second-order valence-corrected chi connectivity index (χ2v) is 14.9. The zero-order valence-corrected chi connectivity index (χ0v) is 24.2. The van der Waals surface area contributed by atoms with Crippen molar-refractivity contribution in [2.75, 3.05) is 6.61 Å². The van der Waals surface area contributed by atoms with E-state index in [1.165, 1.54) is 0 Å². The standard InChI is InChI=1S/C32H40O9/c1-16(2)17-6-5-9-30(13-17)23-22(34)24(35)29(4)19(31(23)15-38-21(33)12-20(31)40-30)7-10-28(3)25(18-8-11-37-14-18)39-27(36)26-32(28,29)41-26/h8,11,14,16-17,19-20,23-26,35H,5-7,9-10,12-13,15H2,1-4H3. The van der Waals surface area contributed by atoms with Crippen LogP contribution < -0.4 is 0 Å². The minimum atomic E-state index is -1.36. The molecule has 41 heavy (non-hydrogen) atoms. The second-order valence-electron chi connectivity index (χ2n) is 14.9. The van der Waals surface area contributed by atoms with Crippen LogP contribution in [0.5, 0.6) is 0 Å². The van der Waals surface area contributed by atoms with Crippen LogP contribution in [0.2, 0.25) is 0 Å². The molecule has 12 atom stereocenters. The van der Waals surface area contributed by atoms with Crippen LogP contribution in [0.15, 0.2) is 23.0 Å². The molecule has 4 saturated heterocycles. The lowest BCUT2D eigenvalue weighted by Gasteiger charge is -2.66. The zero-order valence-electron chi connectivity index (χ0n) is 24.2. The molecule has 1 aromatic rings. The molecule has 7 aliphatic rings. The highest BCUT2D eigenvalue weighted by atomic mass is 16.7. The van der Waals surface area contributed by atoms with Crippen LogP contribution in [0, 0.1) is 39.9 Å². The first-order valence-corrected chi connectivity index (χ1v) is 15.4. The molecule has 9 nitrogen and oxygen atoms in total. The summed E-state index contributed by atoms with van der Waals surface area (Å²) in [6.45, 7) is 8.50. The number of aliphatic hydroxyl groups is 1. The summed E-state index contributed by atoms with van der Waals surface area (Å²) in [7, 11) is 0. The third kappa shape index (κ3) is 2.83. The van der Waals surface area contributed by atoms with Gasteiger partial charge in [0.2, 0.25) is 0 Å². The molecule has 0 amide bonds. The molecule has 222 valence electrons. The topological polar surface area (TPSA) is 125 Å². The molecule has 1 N–H and O–H groups in total. The van der Waals surface area contributed by atoms with E-state index >= 15 is 0 Å². The summed E-state index contributed by atoms with van der Waals surface area (Å²) in [5.41, 5.74) is -3.75. The van der Waals surface area contributed by atoms with E-state index in [-0.39, 0.29) is 30.7 Å². The Labute approximate surface area is 239 Å². The molecule has 3 saturated carbocycles. The van der Waals surface area contributed by atoms with Crippen LogP contribution in [0.3, 0.4) is 0 Å². The Bertz CT molecular complexity index is 1320. The van der Waals surface area contributed by atoms with Gasteiger partial charge in [0.25, 0.3) is 0 Å². The van der Waals surface area contributed by atoms with E-state index in [1.54, 1.807) is 18.6 Å². The van der Waals surface area contributed by atoms with Crippen molar-refractivity contribution in [2.24, 2.45) is 39.9 Å². The van der Waals surface area contributed by atoms with Gasteiger partial charge in [0.15, 0.2) is 11.9 Å². The number of epoxide rings is 1. The van der Waals surface area contributed by atoms with Crippen molar-refractivity contribution in [3.05, 3.63) is 24.2 Å². The van der Waals surface area contributed by atoms with Gasteiger partial charge in [0.05, 0.1) is 36.6 Å². The van der Waals surface area contributed by atoms with Crippen molar-refractivity contribution in [1.82, 2.24) is 0 Å². The Kier molecular flexibility index (Phi) is 5.17. The molecule has 1 aromatic heterocycles. The summed E-state index contributed by atoms with van der Waals surface area (Å²) in [5.74, 6) is -1.06. The summed E-state index contributed by atoms with van der Waals surface area (Å²) in [6.07, 6.45) is 4.65. The average Bonchev–Trinajstić information content (AvgIpc) is 3.39. The van der Waals surface area contributed by atoms with Crippen molar-refractivity contribution in [2.45, 2.75) is 108 Å². The fraction of sp³-hybridized carbons (Fsp3) is 0.781. The second kappa shape index (κ2) is 8.03. The predicted octanol–water partition coefficient (Wildman–Crippen LogP) is 3.91. The Morgan fingerprint density at radius 3 is 2.59 bits per heavy atom. The van der Waals surface area contributed by atoms with Gasteiger partial charge in [0, 0.05) is 21.8 Å². The molecule has 3 aliphatic carbocycles. The number of hydrogen-bond donors (Lipinski definition) is 1. The van der Waals surface area contributed by atoms with Gasteiger partial charge in [-0.15, -0.1) is 0 Å². The van der Waals surface area contributed by atoms with Crippen LogP contribution in [0.25, 0.3) is 0 Å². The number of aliphatic hydroxyl groups excluding tert-OH is 1. The van der Waals surface area contributed by atoms with Gasteiger partial charge >= 0.3 is 11.9 Å². The lowest BCUT2D eigenvalue weighted by Crippen LogP contribution is -2.76. The third-order valence-electron chi connectivity index (χ3n) is 13.2. The quantitative estimate of drug-likeness (QED) is 0.418. The normalized spacial score (nSPS) is 53.5. The minimum Gasteiger partial charge on any atom is -0.472 e. The predicted molar refractivity (Wildman–Crippen MR) is 141 cm³/mol. The average molecular weight is 569 g/mol. The lowest BCUT2D eigenvalue weighted by atomic mass is 9.36. The molecule has 5 heterocycles. The molecular formula is C32H40O9. The van der Waals surface area contributed by atoms with Crippen molar-refractivity contribution >= 4 is 17.7 Å². The Morgan fingerprint density at radius 2 is 1.85 bits per heavy atom. The number of cyclic esters (lactones) is 2. The fourth-order valence-electron chi connectivity index (χ4n) is 11.4. The van der Waals surface area contributed by atoms with Crippen molar-refractivity contribution in [1.29, 1.82) is 0 Å². The van der Waals surface area contributed by atoms with Gasteiger partial charge in [0.1, 0.15) is 24.4 Å². The zero-order chi connectivity index (χ0) is 28.7. The molecule has 8 rings (SSSR count). The number of hydrogen-bond acceptors (Lipinski definition) is 9. The van der Waals surface area contributed by atoms with Crippen LogP contribution in [-0.2, 0) is 33.3 Å². The van der Waals surface area contributed by atoms with E-state index in [9.17, 15) is 19.5 Å². The lowest BCUT2D eigenvalue weighted by molar-refractivity contribution is -0.252. The van der Waals surface area contributed by atoms with Crippen molar-refractivity contribution in [3.8, 4) is 0 Å². The highest BCUT2D eigenvalue weighted by Crippen LogP contribution is 2.80. The minimum absolute atomic E-state index is 0.0844. The first kappa shape index (κ1) is 26.4. The molecule has 12 unspecified atom stereocenters. The third-order valence-corrected chi connectivity index (χ3v) is 13.2. The van der Waals surface area contributed by atoms with Gasteiger partial charge < -0.3 is 28.5 Å². The van der Waals surface area contributed by atoms with Gasteiger partial charge in [-0.05, 0) is 55.9 Å². The van der Waals surface area contributed by atoms with Crippen molar-refractivity contribution < 1.29 is 42.9 Å². The molecule has 0 bridgehead atoms. The first-order valence-electron chi connectivity index (χ1n) is 15.4.